The quantitative estimate of drug-likeness (QED) is 0.886. The summed E-state index contributed by atoms with van der Waals surface area (Å²) in [7, 11) is 0. The molecule has 4 nitrogen and oxygen atoms in total. The number of hydrogen-bond acceptors (Lipinski definition) is 4. The highest BCUT2D eigenvalue weighted by atomic mass is 16.3. The molecule has 2 rings (SSSR count). The third kappa shape index (κ3) is 3.53. The van der Waals surface area contributed by atoms with Crippen LogP contribution in [0.2, 0.25) is 0 Å². The Morgan fingerprint density at radius 1 is 1.56 bits per heavy atom. The van der Waals surface area contributed by atoms with E-state index in [4.69, 9.17) is 0 Å². The van der Waals surface area contributed by atoms with Crippen molar-refractivity contribution in [3.63, 3.8) is 0 Å². The van der Waals surface area contributed by atoms with Crippen LogP contribution in [0, 0.1) is 0 Å². The normalized spacial score (nSPS) is 20.6. The third-order valence-electron chi connectivity index (χ3n) is 3.10. The van der Waals surface area contributed by atoms with Gasteiger partial charge in [-0.05, 0) is 31.4 Å². The highest BCUT2D eigenvalue weighted by Crippen LogP contribution is 2.17. The minimum Gasteiger partial charge on any atom is -0.391 e. The van der Waals surface area contributed by atoms with Crippen LogP contribution < -0.4 is 4.90 Å². The SMILES string of the molecule is CCC/C=C/c1nccc(N2CCCC(O)C2)n1. The number of allylic oxidation sites excluding steroid dienone is 1. The summed E-state index contributed by atoms with van der Waals surface area (Å²) < 4.78 is 0. The molecule has 4 heteroatoms. The second-order valence-electron chi connectivity index (χ2n) is 4.71. The van der Waals surface area contributed by atoms with Crippen molar-refractivity contribution in [2.45, 2.75) is 38.7 Å². The van der Waals surface area contributed by atoms with Crippen molar-refractivity contribution in [1.29, 1.82) is 0 Å². The Hall–Kier alpha value is -1.42. The summed E-state index contributed by atoms with van der Waals surface area (Å²) >= 11 is 0. The lowest BCUT2D eigenvalue weighted by molar-refractivity contribution is 0.154. The minimum absolute atomic E-state index is 0.229. The molecule has 2 heterocycles. The van der Waals surface area contributed by atoms with Gasteiger partial charge in [-0.25, -0.2) is 9.97 Å². The molecular formula is C14H21N3O. The van der Waals surface area contributed by atoms with Crippen molar-refractivity contribution in [2.75, 3.05) is 18.0 Å². The van der Waals surface area contributed by atoms with Crippen LogP contribution in [0.25, 0.3) is 6.08 Å². The van der Waals surface area contributed by atoms with E-state index >= 15 is 0 Å². The molecule has 0 radical (unpaired) electrons. The van der Waals surface area contributed by atoms with Gasteiger partial charge < -0.3 is 10.0 Å². The summed E-state index contributed by atoms with van der Waals surface area (Å²) in [6.45, 7) is 3.79. The fourth-order valence-electron chi connectivity index (χ4n) is 2.14. The van der Waals surface area contributed by atoms with Crippen molar-refractivity contribution < 1.29 is 5.11 Å². The molecule has 1 aromatic heterocycles. The van der Waals surface area contributed by atoms with Crippen molar-refractivity contribution in [3.8, 4) is 0 Å². The Labute approximate surface area is 108 Å². The number of β-amino-alcohol motifs (C(OH)–C–C–N with tert-alkyl or cyclic N) is 1. The number of unbranched alkanes of at least 4 members (excludes halogenated alkanes) is 1. The van der Waals surface area contributed by atoms with E-state index in [0.717, 1.165) is 43.9 Å². The molecule has 1 fully saturated rings. The maximum atomic E-state index is 9.68. The first-order valence-corrected chi connectivity index (χ1v) is 6.72. The van der Waals surface area contributed by atoms with E-state index in [1.165, 1.54) is 0 Å². The van der Waals surface area contributed by atoms with E-state index in [1.54, 1.807) is 6.20 Å². The van der Waals surface area contributed by atoms with Crippen LogP contribution in [0.4, 0.5) is 5.82 Å². The maximum absolute atomic E-state index is 9.68. The molecule has 1 atom stereocenters. The van der Waals surface area contributed by atoms with Gasteiger partial charge in [-0.2, -0.15) is 0 Å². The molecular weight excluding hydrogens is 226 g/mol. The van der Waals surface area contributed by atoms with Gasteiger partial charge in [0.25, 0.3) is 0 Å². The van der Waals surface area contributed by atoms with E-state index < -0.39 is 0 Å². The average molecular weight is 247 g/mol. The van der Waals surface area contributed by atoms with Gasteiger partial charge >= 0.3 is 0 Å². The number of anilines is 1. The Balaban J connectivity index is 2.06. The van der Waals surface area contributed by atoms with Crippen LogP contribution in [-0.2, 0) is 0 Å². The Morgan fingerprint density at radius 3 is 3.22 bits per heavy atom. The van der Waals surface area contributed by atoms with Crippen LogP contribution in [0.1, 0.15) is 38.4 Å². The zero-order valence-electron chi connectivity index (χ0n) is 10.9. The number of rotatable bonds is 4. The largest absolute Gasteiger partial charge is 0.391 e. The van der Waals surface area contributed by atoms with E-state index in [9.17, 15) is 5.11 Å². The van der Waals surface area contributed by atoms with Gasteiger partial charge in [0, 0.05) is 19.3 Å². The van der Waals surface area contributed by atoms with Crippen molar-refractivity contribution in [3.05, 3.63) is 24.2 Å². The van der Waals surface area contributed by atoms with Gasteiger partial charge in [0.2, 0.25) is 0 Å². The lowest BCUT2D eigenvalue weighted by atomic mass is 10.1. The van der Waals surface area contributed by atoms with Crippen molar-refractivity contribution >= 4 is 11.9 Å². The topological polar surface area (TPSA) is 49.2 Å². The summed E-state index contributed by atoms with van der Waals surface area (Å²) in [5.74, 6) is 1.67. The first-order valence-electron chi connectivity index (χ1n) is 6.72. The van der Waals surface area contributed by atoms with Crippen LogP contribution >= 0.6 is 0 Å². The summed E-state index contributed by atoms with van der Waals surface area (Å²) in [6.07, 6.45) is 9.72. The maximum Gasteiger partial charge on any atom is 0.153 e. The molecule has 1 saturated heterocycles. The number of aromatic nitrogens is 2. The highest BCUT2D eigenvalue weighted by molar-refractivity contribution is 5.46. The van der Waals surface area contributed by atoms with E-state index in [1.807, 2.05) is 12.1 Å². The summed E-state index contributed by atoms with van der Waals surface area (Å²) in [5, 5.41) is 9.68. The molecule has 1 aliphatic heterocycles. The van der Waals surface area contributed by atoms with Gasteiger partial charge in [0.15, 0.2) is 5.82 Å². The molecule has 98 valence electrons. The number of aliphatic hydroxyl groups is 1. The number of nitrogens with zero attached hydrogens (tertiary/aromatic N) is 3. The van der Waals surface area contributed by atoms with E-state index in [-0.39, 0.29) is 6.10 Å². The molecule has 0 aliphatic carbocycles. The predicted molar refractivity (Wildman–Crippen MR) is 73.4 cm³/mol. The second-order valence-corrected chi connectivity index (χ2v) is 4.71. The summed E-state index contributed by atoms with van der Waals surface area (Å²) in [6, 6.07) is 1.91. The molecule has 0 bridgehead atoms. The molecule has 0 aromatic carbocycles. The summed E-state index contributed by atoms with van der Waals surface area (Å²) in [5.41, 5.74) is 0. The number of aliphatic hydroxyl groups excluding tert-OH is 1. The Kier molecular flexibility index (Phi) is 4.70. The third-order valence-corrected chi connectivity index (χ3v) is 3.10. The lowest BCUT2D eigenvalue weighted by Gasteiger charge is -2.30. The fourth-order valence-corrected chi connectivity index (χ4v) is 2.14. The van der Waals surface area contributed by atoms with E-state index in [0.29, 0.717) is 6.54 Å². The summed E-state index contributed by atoms with van der Waals surface area (Å²) in [4.78, 5) is 10.9. The second kappa shape index (κ2) is 6.50. The first-order chi connectivity index (χ1) is 8.79. The Morgan fingerprint density at radius 2 is 2.44 bits per heavy atom. The van der Waals surface area contributed by atoms with Crippen molar-refractivity contribution in [1.82, 2.24) is 9.97 Å². The van der Waals surface area contributed by atoms with Crippen LogP contribution in [-0.4, -0.2) is 34.3 Å². The smallest absolute Gasteiger partial charge is 0.153 e. The molecule has 0 spiro atoms. The molecule has 1 aromatic rings. The lowest BCUT2D eigenvalue weighted by Crippen LogP contribution is -2.38. The van der Waals surface area contributed by atoms with Crippen LogP contribution in [0.5, 0.6) is 0 Å². The van der Waals surface area contributed by atoms with Crippen molar-refractivity contribution in [2.24, 2.45) is 0 Å². The van der Waals surface area contributed by atoms with Gasteiger partial charge in [-0.1, -0.05) is 19.4 Å². The molecule has 1 unspecified atom stereocenters. The van der Waals surface area contributed by atoms with Gasteiger partial charge in [-0.15, -0.1) is 0 Å². The monoisotopic (exact) mass is 247 g/mol. The minimum atomic E-state index is -0.229. The predicted octanol–water partition coefficient (Wildman–Crippen LogP) is 2.25. The standard InChI is InChI=1S/C14H21N3O/c1-2-3-4-7-13-15-9-8-14(16-13)17-10-5-6-12(18)11-17/h4,7-9,12,18H,2-3,5-6,10-11H2,1H3/b7-4+. The van der Waals surface area contributed by atoms with Crippen LogP contribution in [0.3, 0.4) is 0 Å². The number of piperidine rings is 1. The van der Waals surface area contributed by atoms with E-state index in [2.05, 4.69) is 27.9 Å². The fraction of sp³-hybridized carbons (Fsp3) is 0.571. The average Bonchev–Trinajstić information content (AvgIpc) is 2.39. The van der Waals surface area contributed by atoms with Crippen LogP contribution in [0.15, 0.2) is 18.3 Å². The molecule has 0 saturated carbocycles. The van der Waals surface area contributed by atoms with Gasteiger partial charge in [-0.3, -0.25) is 0 Å². The zero-order chi connectivity index (χ0) is 12.8. The molecule has 1 aliphatic rings. The molecule has 18 heavy (non-hydrogen) atoms. The Bertz CT molecular complexity index is 406. The van der Waals surface area contributed by atoms with Gasteiger partial charge in [0.05, 0.1) is 6.10 Å². The number of hydrogen-bond donors (Lipinski definition) is 1. The van der Waals surface area contributed by atoms with Gasteiger partial charge in [0.1, 0.15) is 5.82 Å². The first kappa shape index (κ1) is 13.0. The zero-order valence-corrected chi connectivity index (χ0v) is 10.9. The highest BCUT2D eigenvalue weighted by Gasteiger charge is 2.18. The molecule has 0 amide bonds. The molecule has 1 N–H and O–H groups in total.